The molecule has 0 unspecified atom stereocenters. The summed E-state index contributed by atoms with van der Waals surface area (Å²) in [4.78, 5) is 26.3. The normalized spacial score (nSPS) is 20.2. The van der Waals surface area contributed by atoms with Gasteiger partial charge in [-0.1, -0.05) is 29.8 Å². The Morgan fingerprint density at radius 2 is 1.76 bits per heavy atom. The summed E-state index contributed by atoms with van der Waals surface area (Å²) in [5.41, 5.74) is 4.30. The van der Waals surface area contributed by atoms with E-state index >= 15 is 0 Å². The van der Waals surface area contributed by atoms with Crippen molar-refractivity contribution in [2.75, 3.05) is 21.3 Å². The number of hydrogen-bond donors (Lipinski definition) is 1. The van der Waals surface area contributed by atoms with Gasteiger partial charge in [0, 0.05) is 34.3 Å². The van der Waals surface area contributed by atoms with Crippen LogP contribution < -0.4 is 14.8 Å². The first-order valence-corrected chi connectivity index (χ1v) is 11.1. The van der Waals surface area contributed by atoms with Crippen molar-refractivity contribution in [3.63, 3.8) is 0 Å². The molecule has 1 heterocycles. The van der Waals surface area contributed by atoms with Crippen LogP contribution in [-0.4, -0.2) is 33.1 Å². The van der Waals surface area contributed by atoms with Crippen LogP contribution in [0.3, 0.4) is 0 Å². The molecule has 0 spiro atoms. The highest BCUT2D eigenvalue weighted by molar-refractivity contribution is 6.30. The van der Waals surface area contributed by atoms with Crippen LogP contribution in [0.1, 0.15) is 42.7 Å². The highest BCUT2D eigenvalue weighted by atomic mass is 35.5. The second kappa shape index (κ2) is 9.32. The van der Waals surface area contributed by atoms with Crippen molar-refractivity contribution in [2.24, 2.45) is 0 Å². The number of dihydropyridines is 1. The van der Waals surface area contributed by atoms with Crippen molar-refractivity contribution in [3.05, 3.63) is 81.2 Å². The second-order valence-electron chi connectivity index (χ2n) is 8.18. The molecule has 0 saturated heterocycles. The van der Waals surface area contributed by atoms with Gasteiger partial charge in [0.25, 0.3) is 0 Å². The number of halogens is 1. The standard InChI is InChI=1S/C26H26ClNO5/c1-14-23(26(30)33-4)24(16-6-5-7-18(27)10-16)25-19(28-14)11-17(12-20(25)29)15-8-9-21(31-2)22(13-15)32-3/h5-10,13,17,24,28H,11-12H2,1-4H3/t17-,24+/m0/s1. The van der Waals surface area contributed by atoms with Gasteiger partial charge in [0.2, 0.25) is 0 Å². The zero-order valence-electron chi connectivity index (χ0n) is 19.0. The van der Waals surface area contributed by atoms with E-state index in [2.05, 4.69) is 5.32 Å². The molecular weight excluding hydrogens is 442 g/mol. The summed E-state index contributed by atoms with van der Waals surface area (Å²) in [5, 5.41) is 3.87. The van der Waals surface area contributed by atoms with E-state index in [-0.39, 0.29) is 11.7 Å². The lowest BCUT2D eigenvalue weighted by molar-refractivity contribution is -0.136. The smallest absolute Gasteiger partial charge is 0.336 e. The Morgan fingerprint density at radius 3 is 2.42 bits per heavy atom. The number of nitrogens with one attached hydrogen (secondary N) is 1. The molecule has 2 aromatic rings. The van der Waals surface area contributed by atoms with E-state index in [1.807, 2.05) is 37.3 Å². The third kappa shape index (κ3) is 4.23. The van der Waals surface area contributed by atoms with Crippen LogP contribution in [0.2, 0.25) is 5.02 Å². The number of carbonyl (C=O) groups is 2. The van der Waals surface area contributed by atoms with E-state index < -0.39 is 11.9 Å². The molecule has 172 valence electrons. The summed E-state index contributed by atoms with van der Waals surface area (Å²) in [6, 6.07) is 13.0. The third-order valence-electron chi connectivity index (χ3n) is 6.29. The van der Waals surface area contributed by atoms with Crippen LogP contribution in [0.25, 0.3) is 0 Å². The summed E-state index contributed by atoms with van der Waals surface area (Å²) in [5.74, 6) is 0.220. The number of hydrogen-bond acceptors (Lipinski definition) is 6. The summed E-state index contributed by atoms with van der Waals surface area (Å²) < 4.78 is 15.9. The van der Waals surface area contributed by atoms with E-state index in [0.29, 0.717) is 46.2 Å². The molecule has 6 nitrogen and oxygen atoms in total. The van der Waals surface area contributed by atoms with Crippen molar-refractivity contribution < 1.29 is 23.8 Å². The Hall–Kier alpha value is -3.25. The number of Topliss-reactive ketones (excluding diaryl/α,β-unsaturated/α-hetero) is 1. The average Bonchev–Trinajstić information content (AvgIpc) is 2.82. The first kappa shape index (κ1) is 22.9. The Balaban J connectivity index is 1.78. The van der Waals surface area contributed by atoms with E-state index in [1.165, 1.54) is 7.11 Å². The monoisotopic (exact) mass is 467 g/mol. The molecule has 0 aromatic heterocycles. The number of allylic oxidation sites excluding steroid dienone is 3. The van der Waals surface area contributed by atoms with Crippen molar-refractivity contribution in [2.45, 2.75) is 31.6 Å². The minimum absolute atomic E-state index is 0.0117. The van der Waals surface area contributed by atoms with Crippen LogP contribution in [0.15, 0.2) is 65.0 Å². The van der Waals surface area contributed by atoms with Gasteiger partial charge in [-0.3, -0.25) is 4.79 Å². The van der Waals surface area contributed by atoms with Crippen molar-refractivity contribution in [1.82, 2.24) is 5.32 Å². The topological polar surface area (TPSA) is 73.9 Å². The van der Waals surface area contributed by atoms with Crippen molar-refractivity contribution in [1.29, 1.82) is 0 Å². The van der Waals surface area contributed by atoms with Crippen LogP contribution in [-0.2, 0) is 14.3 Å². The van der Waals surface area contributed by atoms with E-state index in [9.17, 15) is 9.59 Å². The molecule has 0 saturated carbocycles. The van der Waals surface area contributed by atoms with Gasteiger partial charge >= 0.3 is 5.97 Å². The van der Waals surface area contributed by atoms with Gasteiger partial charge in [0.15, 0.2) is 17.3 Å². The maximum absolute atomic E-state index is 13.6. The Morgan fingerprint density at radius 1 is 1.00 bits per heavy atom. The third-order valence-corrected chi connectivity index (χ3v) is 6.53. The first-order valence-electron chi connectivity index (χ1n) is 10.7. The van der Waals surface area contributed by atoms with Crippen molar-refractivity contribution >= 4 is 23.4 Å². The van der Waals surface area contributed by atoms with Gasteiger partial charge in [-0.15, -0.1) is 0 Å². The molecule has 33 heavy (non-hydrogen) atoms. The molecule has 2 atom stereocenters. The molecule has 2 aromatic carbocycles. The molecule has 2 aliphatic rings. The predicted octanol–water partition coefficient (Wildman–Crippen LogP) is 4.89. The molecule has 1 aliphatic carbocycles. The number of carbonyl (C=O) groups excluding carboxylic acids is 2. The quantitative estimate of drug-likeness (QED) is 0.631. The SMILES string of the molecule is COC(=O)C1=C(C)NC2=C(C(=O)C[C@@H](c3ccc(OC)c(OC)c3)C2)[C@@H]1c1cccc(Cl)c1. The van der Waals surface area contributed by atoms with Gasteiger partial charge < -0.3 is 19.5 Å². The number of methoxy groups -OCH3 is 3. The highest BCUT2D eigenvalue weighted by Gasteiger charge is 2.41. The zero-order valence-corrected chi connectivity index (χ0v) is 19.8. The predicted molar refractivity (Wildman–Crippen MR) is 126 cm³/mol. The average molecular weight is 468 g/mol. The molecule has 0 bridgehead atoms. The van der Waals surface area contributed by atoms with Crippen molar-refractivity contribution in [3.8, 4) is 11.5 Å². The fourth-order valence-electron chi connectivity index (χ4n) is 4.78. The van der Waals surface area contributed by atoms with E-state index in [4.69, 9.17) is 25.8 Å². The maximum Gasteiger partial charge on any atom is 0.336 e. The molecule has 7 heteroatoms. The molecule has 0 amide bonds. The van der Waals surface area contributed by atoms with Gasteiger partial charge in [0.05, 0.1) is 26.9 Å². The Bertz CT molecular complexity index is 1180. The molecule has 0 fully saturated rings. The fraction of sp³-hybridized carbons (Fsp3) is 0.308. The minimum Gasteiger partial charge on any atom is -0.493 e. The fourth-order valence-corrected chi connectivity index (χ4v) is 4.98. The number of esters is 1. The Labute approximate surface area is 198 Å². The maximum atomic E-state index is 13.6. The van der Waals surface area contributed by atoms with Crippen LogP contribution in [0.4, 0.5) is 0 Å². The van der Waals surface area contributed by atoms with Gasteiger partial charge in [-0.2, -0.15) is 0 Å². The molecule has 1 N–H and O–H groups in total. The second-order valence-corrected chi connectivity index (χ2v) is 8.61. The largest absolute Gasteiger partial charge is 0.493 e. The Kier molecular flexibility index (Phi) is 6.47. The minimum atomic E-state index is -0.536. The van der Waals surface area contributed by atoms with Gasteiger partial charge in [-0.25, -0.2) is 4.79 Å². The van der Waals surface area contributed by atoms with Crippen LogP contribution in [0.5, 0.6) is 11.5 Å². The van der Waals surface area contributed by atoms with Gasteiger partial charge in [0.1, 0.15) is 0 Å². The summed E-state index contributed by atoms with van der Waals surface area (Å²) in [7, 11) is 4.53. The molecule has 1 aliphatic heterocycles. The van der Waals surface area contributed by atoms with Crippen LogP contribution in [0, 0.1) is 0 Å². The van der Waals surface area contributed by atoms with Crippen LogP contribution >= 0.6 is 11.6 Å². The summed E-state index contributed by atoms with van der Waals surface area (Å²) in [6.07, 6.45) is 0.944. The number of rotatable bonds is 5. The van der Waals surface area contributed by atoms with Gasteiger partial charge in [-0.05, 0) is 54.7 Å². The lowest BCUT2D eigenvalue weighted by Crippen LogP contribution is -2.36. The first-order chi connectivity index (χ1) is 15.9. The highest BCUT2D eigenvalue weighted by Crippen LogP contribution is 2.46. The molecule has 0 radical (unpaired) electrons. The van der Waals surface area contributed by atoms with E-state index in [0.717, 1.165) is 16.8 Å². The number of ether oxygens (including phenoxy) is 3. The lowest BCUT2D eigenvalue weighted by atomic mass is 9.71. The number of ketones is 1. The number of benzene rings is 2. The summed E-state index contributed by atoms with van der Waals surface area (Å²) in [6.45, 7) is 1.83. The molecular formula is C26H26ClNO5. The van der Waals surface area contributed by atoms with E-state index in [1.54, 1.807) is 26.4 Å². The summed E-state index contributed by atoms with van der Waals surface area (Å²) >= 11 is 6.26. The lowest BCUT2D eigenvalue weighted by Gasteiger charge is -2.36. The zero-order chi connectivity index (χ0) is 23.7. The molecule has 4 rings (SSSR count).